The Bertz CT molecular complexity index is 550. The van der Waals surface area contributed by atoms with Crippen molar-refractivity contribution in [1.82, 2.24) is 9.62 Å². The third-order valence-corrected chi connectivity index (χ3v) is 4.10. The molecule has 1 amide bonds. The van der Waals surface area contributed by atoms with Gasteiger partial charge in [0.15, 0.2) is 0 Å². The fraction of sp³-hybridized carbons (Fsp3) is 0.417. The third-order valence-electron chi connectivity index (χ3n) is 2.70. The molecule has 0 aromatic heterocycles. The summed E-state index contributed by atoms with van der Waals surface area (Å²) in [5, 5.41) is 0. The molecule has 0 fully saturated rings. The highest BCUT2D eigenvalue weighted by Gasteiger charge is 2.16. The third kappa shape index (κ3) is 3.54. The minimum atomic E-state index is -3.63. The Labute approximate surface area is 108 Å². The van der Waals surface area contributed by atoms with Crippen LogP contribution in [0.15, 0.2) is 23.1 Å². The van der Waals surface area contributed by atoms with Gasteiger partial charge in [-0.1, -0.05) is 6.07 Å². The molecule has 0 aliphatic heterocycles. The smallest absolute Gasteiger partial charge is 0.241 e. The Kier molecular flexibility index (Phi) is 4.48. The van der Waals surface area contributed by atoms with Gasteiger partial charge in [-0.2, -0.15) is 0 Å². The molecule has 0 aliphatic carbocycles. The highest BCUT2D eigenvalue weighted by molar-refractivity contribution is 7.89. The summed E-state index contributed by atoms with van der Waals surface area (Å²) in [6, 6.07) is 4.88. The summed E-state index contributed by atoms with van der Waals surface area (Å²) in [7, 11) is -0.474. The zero-order valence-corrected chi connectivity index (χ0v) is 11.8. The zero-order chi connectivity index (χ0) is 13.9. The van der Waals surface area contributed by atoms with Crippen molar-refractivity contribution in [2.75, 3.05) is 20.6 Å². The number of aryl methyl sites for hydroxylation is 2. The van der Waals surface area contributed by atoms with Crippen LogP contribution in [0.5, 0.6) is 0 Å². The second-order valence-electron chi connectivity index (χ2n) is 4.36. The Hall–Kier alpha value is -1.40. The summed E-state index contributed by atoms with van der Waals surface area (Å²) >= 11 is 0. The van der Waals surface area contributed by atoms with Crippen LogP contribution in [-0.4, -0.2) is 39.9 Å². The second kappa shape index (κ2) is 5.49. The molecule has 100 valence electrons. The van der Waals surface area contributed by atoms with Crippen molar-refractivity contribution in [2.45, 2.75) is 18.7 Å². The molecule has 1 aromatic carbocycles. The van der Waals surface area contributed by atoms with Crippen molar-refractivity contribution >= 4 is 15.9 Å². The van der Waals surface area contributed by atoms with Crippen LogP contribution in [0.25, 0.3) is 0 Å². The fourth-order valence-corrected chi connectivity index (χ4v) is 2.34. The van der Waals surface area contributed by atoms with Crippen LogP contribution < -0.4 is 4.72 Å². The van der Waals surface area contributed by atoms with Gasteiger partial charge in [0.2, 0.25) is 15.9 Å². The maximum absolute atomic E-state index is 11.9. The molecule has 0 spiro atoms. The zero-order valence-electron chi connectivity index (χ0n) is 11.0. The van der Waals surface area contributed by atoms with Crippen LogP contribution in [-0.2, 0) is 14.8 Å². The average molecular weight is 270 g/mol. The van der Waals surface area contributed by atoms with E-state index in [1.54, 1.807) is 26.2 Å². The van der Waals surface area contributed by atoms with E-state index >= 15 is 0 Å². The van der Waals surface area contributed by atoms with Crippen molar-refractivity contribution in [3.05, 3.63) is 29.3 Å². The quantitative estimate of drug-likeness (QED) is 0.874. The van der Waals surface area contributed by atoms with Gasteiger partial charge in [0.25, 0.3) is 0 Å². The molecule has 0 radical (unpaired) electrons. The molecule has 0 saturated heterocycles. The van der Waals surface area contributed by atoms with Gasteiger partial charge >= 0.3 is 0 Å². The van der Waals surface area contributed by atoms with Gasteiger partial charge in [-0.05, 0) is 37.1 Å². The van der Waals surface area contributed by atoms with Gasteiger partial charge in [0.05, 0.1) is 11.4 Å². The number of carbonyl (C=O) groups excluding carboxylic acids is 1. The van der Waals surface area contributed by atoms with Crippen LogP contribution in [0.1, 0.15) is 11.1 Å². The van der Waals surface area contributed by atoms with E-state index in [-0.39, 0.29) is 17.3 Å². The molecule has 0 aliphatic rings. The highest BCUT2D eigenvalue weighted by atomic mass is 32.2. The molecule has 18 heavy (non-hydrogen) atoms. The normalized spacial score (nSPS) is 11.3. The molecular formula is C12H18N2O3S. The largest absolute Gasteiger partial charge is 0.348 e. The maximum Gasteiger partial charge on any atom is 0.241 e. The number of hydrogen-bond acceptors (Lipinski definition) is 3. The van der Waals surface area contributed by atoms with E-state index in [2.05, 4.69) is 4.72 Å². The molecule has 1 aromatic rings. The Morgan fingerprint density at radius 3 is 2.33 bits per heavy atom. The highest BCUT2D eigenvalue weighted by Crippen LogP contribution is 2.14. The van der Waals surface area contributed by atoms with Crippen molar-refractivity contribution in [2.24, 2.45) is 0 Å². The van der Waals surface area contributed by atoms with Crippen LogP contribution in [0.2, 0.25) is 0 Å². The lowest BCUT2D eigenvalue weighted by Crippen LogP contribution is -2.36. The lowest BCUT2D eigenvalue weighted by Gasteiger charge is -2.12. The first-order valence-electron chi connectivity index (χ1n) is 5.51. The van der Waals surface area contributed by atoms with Crippen molar-refractivity contribution in [3.8, 4) is 0 Å². The van der Waals surface area contributed by atoms with Crippen LogP contribution in [0, 0.1) is 13.8 Å². The fourth-order valence-electron chi connectivity index (χ4n) is 1.28. The summed E-state index contributed by atoms with van der Waals surface area (Å²) < 4.78 is 26.2. The number of nitrogens with one attached hydrogen (secondary N) is 1. The first kappa shape index (κ1) is 14.7. The number of amides is 1. The van der Waals surface area contributed by atoms with E-state index in [9.17, 15) is 13.2 Å². The summed E-state index contributed by atoms with van der Waals surface area (Å²) in [6.45, 7) is 3.52. The lowest BCUT2D eigenvalue weighted by molar-refractivity contribution is -0.127. The monoisotopic (exact) mass is 270 g/mol. The molecular weight excluding hydrogens is 252 g/mol. The molecule has 0 unspecified atom stereocenters. The Morgan fingerprint density at radius 2 is 1.83 bits per heavy atom. The number of carbonyl (C=O) groups is 1. The van der Waals surface area contributed by atoms with E-state index < -0.39 is 10.0 Å². The average Bonchev–Trinajstić information content (AvgIpc) is 2.29. The maximum atomic E-state index is 11.9. The molecule has 0 bridgehead atoms. The standard InChI is InChI=1S/C12H18N2O3S/c1-9-5-6-11(7-10(9)2)18(16,17)13-8-12(15)14(3)4/h5-7,13H,8H2,1-4H3. The number of benzene rings is 1. The van der Waals surface area contributed by atoms with Crippen LogP contribution in [0.4, 0.5) is 0 Å². The molecule has 0 heterocycles. The molecule has 5 nitrogen and oxygen atoms in total. The SMILES string of the molecule is Cc1ccc(S(=O)(=O)NCC(=O)N(C)C)cc1C. The van der Waals surface area contributed by atoms with Crippen LogP contribution in [0.3, 0.4) is 0 Å². The van der Waals surface area contributed by atoms with Crippen molar-refractivity contribution in [1.29, 1.82) is 0 Å². The van der Waals surface area contributed by atoms with Gasteiger partial charge in [-0.25, -0.2) is 13.1 Å². The Morgan fingerprint density at radius 1 is 1.22 bits per heavy atom. The topological polar surface area (TPSA) is 66.5 Å². The first-order valence-corrected chi connectivity index (χ1v) is 6.99. The van der Waals surface area contributed by atoms with E-state index in [1.807, 2.05) is 13.8 Å². The van der Waals surface area contributed by atoms with Crippen molar-refractivity contribution < 1.29 is 13.2 Å². The summed E-state index contributed by atoms with van der Waals surface area (Å²) in [6.07, 6.45) is 0. The second-order valence-corrected chi connectivity index (χ2v) is 6.13. The minimum Gasteiger partial charge on any atom is -0.348 e. The number of hydrogen-bond donors (Lipinski definition) is 1. The van der Waals surface area contributed by atoms with E-state index in [1.165, 1.54) is 11.0 Å². The first-order chi connectivity index (χ1) is 8.24. The van der Waals surface area contributed by atoms with Gasteiger partial charge in [0.1, 0.15) is 0 Å². The van der Waals surface area contributed by atoms with Crippen LogP contribution >= 0.6 is 0 Å². The van der Waals surface area contributed by atoms with E-state index in [0.717, 1.165) is 11.1 Å². The molecule has 6 heteroatoms. The minimum absolute atomic E-state index is 0.178. The predicted octanol–water partition coefficient (Wildman–Crippen LogP) is 0.670. The van der Waals surface area contributed by atoms with Crippen molar-refractivity contribution in [3.63, 3.8) is 0 Å². The number of sulfonamides is 1. The Balaban J connectivity index is 2.87. The van der Waals surface area contributed by atoms with Gasteiger partial charge in [-0.15, -0.1) is 0 Å². The lowest BCUT2D eigenvalue weighted by atomic mass is 10.1. The number of nitrogens with zero attached hydrogens (tertiary/aromatic N) is 1. The summed E-state index contributed by atoms with van der Waals surface area (Å²) in [4.78, 5) is 12.9. The number of likely N-dealkylation sites (N-methyl/N-ethyl adjacent to an activating group) is 1. The summed E-state index contributed by atoms with van der Waals surface area (Å²) in [5.74, 6) is -0.289. The molecule has 0 atom stereocenters. The predicted molar refractivity (Wildman–Crippen MR) is 69.8 cm³/mol. The number of rotatable bonds is 4. The molecule has 0 saturated carbocycles. The van der Waals surface area contributed by atoms with Gasteiger partial charge in [0, 0.05) is 14.1 Å². The summed E-state index contributed by atoms with van der Waals surface area (Å²) in [5.41, 5.74) is 1.93. The van der Waals surface area contributed by atoms with Gasteiger partial charge < -0.3 is 4.90 Å². The van der Waals surface area contributed by atoms with E-state index in [0.29, 0.717) is 0 Å². The molecule has 1 N–H and O–H groups in total. The molecule has 1 rings (SSSR count). The van der Waals surface area contributed by atoms with Gasteiger partial charge in [-0.3, -0.25) is 4.79 Å². The van der Waals surface area contributed by atoms with E-state index in [4.69, 9.17) is 0 Å².